The SMILES string of the molecule is [C-]#[N+][C@@]12CC[C@@H](C)[C@H]1[C@H]1[C@@H](CC[C@H]2C)C1(C)C. The molecule has 0 unspecified atom stereocenters. The van der Waals surface area contributed by atoms with Crippen LogP contribution in [0, 0.1) is 41.6 Å². The van der Waals surface area contributed by atoms with E-state index in [-0.39, 0.29) is 5.54 Å². The maximum Gasteiger partial charge on any atom is 0.238 e. The van der Waals surface area contributed by atoms with Crippen molar-refractivity contribution in [1.82, 2.24) is 0 Å². The number of fused-ring (bicyclic) bond motifs is 3. The molecule has 3 aliphatic carbocycles. The van der Waals surface area contributed by atoms with E-state index in [0.717, 1.165) is 17.8 Å². The molecule has 0 aromatic rings. The van der Waals surface area contributed by atoms with Crippen LogP contribution in [-0.4, -0.2) is 5.54 Å². The Balaban J connectivity index is 2.04. The second-order valence-electron chi connectivity index (χ2n) is 7.58. The lowest BCUT2D eigenvalue weighted by Gasteiger charge is -2.31. The van der Waals surface area contributed by atoms with E-state index in [2.05, 4.69) is 32.5 Å². The second-order valence-corrected chi connectivity index (χ2v) is 7.58. The van der Waals surface area contributed by atoms with E-state index in [4.69, 9.17) is 6.57 Å². The molecule has 0 amide bonds. The highest BCUT2D eigenvalue weighted by Gasteiger charge is 2.72. The number of hydrogen-bond donors (Lipinski definition) is 0. The molecule has 94 valence electrons. The van der Waals surface area contributed by atoms with Crippen LogP contribution in [0.1, 0.15) is 53.4 Å². The first-order valence-electron chi connectivity index (χ1n) is 7.33. The molecule has 0 saturated heterocycles. The zero-order chi connectivity index (χ0) is 12.4. The molecule has 3 fully saturated rings. The van der Waals surface area contributed by atoms with Gasteiger partial charge < -0.3 is 4.85 Å². The maximum absolute atomic E-state index is 7.80. The molecule has 1 nitrogen and oxygen atoms in total. The first-order chi connectivity index (χ1) is 7.95. The molecular formula is C16H25N. The first kappa shape index (κ1) is 11.6. The summed E-state index contributed by atoms with van der Waals surface area (Å²) in [7, 11) is 0. The summed E-state index contributed by atoms with van der Waals surface area (Å²) in [4.78, 5) is 4.23. The van der Waals surface area contributed by atoms with Gasteiger partial charge in [0.15, 0.2) is 0 Å². The van der Waals surface area contributed by atoms with Gasteiger partial charge in [0, 0.05) is 18.3 Å². The van der Waals surface area contributed by atoms with Crippen LogP contribution in [0.15, 0.2) is 0 Å². The average molecular weight is 231 g/mol. The molecule has 0 heterocycles. The maximum atomic E-state index is 7.80. The Morgan fingerprint density at radius 1 is 1.06 bits per heavy atom. The van der Waals surface area contributed by atoms with Crippen LogP contribution in [0.25, 0.3) is 4.85 Å². The minimum atomic E-state index is 0.00655. The Labute approximate surface area is 106 Å². The molecule has 3 aliphatic rings. The van der Waals surface area contributed by atoms with Crippen LogP contribution in [0.3, 0.4) is 0 Å². The van der Waals surface area contributed by atoms with Crippen molar-refractivity contribution in [1.29, 1.82) is 0 Å². The summed E-state index contributed by atoms with van der Waals surface area (Å²) >= 11 is 0. The van der Waals surface area contributed by atoms with Gasteiger partial charge in [0.05, 0.1) is 0 Å². The lowest BCUT2D eigenvalue weighted by molar-refractivity contribution is 0.196. The highest BCUT2D eigenvalue weighted by atomic mass is 14.9. The Bertz CT molecular complexity index is 377. The predicted molar refractivity (Wildman–Crippen MR) is 70.4 cm³/mol. The third-order valence-corrected chi connectivity index (χ3v) is 6.69. The molecule has 0 radical (unpaired) electrons. The lowest BCUT2D eigenvalue weighted by Crippen LogP contribution is -2.39. The molecule has 3 saturated carbocycles. The molecule has 0 aromatic heterocycles. The van der Waals surface area contributed by atoms with Crippen LogP contribution >= 0.6 is 0 Å². The summed E-state index contributed by atoms with van der Waals surface area (Å²) in [5.41, 5.74) is 0.534. The van der Waals surface area contributed by atoms with Gasteiger partial charge in [-0.1, -0.05) is 27.7 Å². The van der Waals surface area contributed by atoms with Crippen LogP contribution in [0.4, 0.5) is 0 Å². The molecular weight excluding hydrogens is 206 g/mol. The second kappa shape index (κ2) is 3.28. The van der Waals surface area contributed by atoms with Crippen molar-refractivity contribution in [3.05, 3.63) is 11.4 Å². The summed E-state index contributed by atoms with van der Waals surface area (Å²) in [6, 6.07) is 0. The van der Waals surface area contributed by atoms with E-state index in [0.29, 0.717) is 17.3 Å². The molecule has 3 rings (SSSR count). The molecule has 0 bridgehead atoms. The largest absolute Gasteiger partial charge is 0.310 e. The highest BCUT2D eigenvalue weighted by Crippen LogP contribution is 2.72. The summed E-state index contributed by atoms with van der Waals surface area (Å²) < 4.78 is 0. The van der Waals surface area contributed by atoms with Crippen molar-refractivity contribution >= 4 is 0 Å². The molecule has 0 aliphatic heterocycles. The van der Waals surface area contributed by atoms with Crippen molar-refractivity contribution in [3.8, 4) is 0 Å². The van der Waals surface area contributed by atoms with Gasteiger partial charge in [-0.05, 0) is 42.4 Å². The zero-order valence-corrected chi connectivity index (χ0v) is 11.7. The summed E-state index contributed by atoms with van der Waals surface area (Å²) in [5, 5.41) is 0. The van der Waals surface area contributed by atoms with Crippen LogP contribution in [0.2, 0.25) is 0 Å². The normalized spacial score (nSPS) is 55.4. The molecule has 17 heavy (non-hydrogen) atoms. The number of nitrogens with zero attached hydrogens (tertiary/aromatic N) is 1. The summed E-state index contributed by atoms with van der Waals surface area (Å²) in [5.74, 6) is 3.85. The summed E-state index contributed by atoms with van der Waals surface area (Å²) in [6.45, 7) is 17.4. The van der Waals surface area contributed by atoms with Crippen molar-refractivity contribution in [2.24, 2.45) is 35.0 Å². The molecule has 6 atom stereocenters. The molecule has 0 N–H and O–H groups in total. The minimum Gasteiger partial charge on any atom is -0.310 e. The van der Waals surface area contributed by atoms with Gasteiger partial charge >= 0.3 is 0 Å². The van der Waals surface area contributed by atoms with E-state index >= 15 is 0 Å². The Hall–Kier alpha value is -0.510. The Morgan fingerprint density at radius 2 is 1.76 bits per heavy atom. The van der Waals surface area contributed by atoms with E-state index in [1.165, 1.54) is 25.7 Å². The first-order valence-corrected chi connectivity index (χ1v) is 7.33. The molecule has 1 heteroatoms. The monoisotopic (exact) mass is 231 g/mol. The van der Waals surface area contributed by atoms with Crippen molar-refractivity contribution in [3.63, 3.8) is 0 Å². The Morgan fingerprint density at radius 3 is 2.41 bits per heavy atom. The lowest BCUT2D eigenvalue weighted by atomic mass is 9.71. The average Bonchev–Trinajstić information content (AvgIpc) is 2.69. The van der Waals surface area contributed by atoms with Gasteiger partial charge in [-0.15, -0.1) is 0 Å². The quantitative estimate of drug-likeness (QED) is 0.544. The third kappa shape index (κ3) is 1.25. The number of hydrogen-bond acceptors (Lipinski definition) is 0. The summed E-state index contributed by atoms with van der Waals surface area (Å²) in [6.07, 6.45) is 5.12. The van der Waals surface area contributed by atoms with Crippen molar-refractivity contribution < 1.29 is 0 Å². The van der Waals surface area contributed by atoms with Gasteiger partial charge in [0.1, 0.15) is 0 Å². The van der Waals surface area contributed by atoms with Crippen LogP contribution in [-0.2, 0) is 0 Å². The number of rotatable bonds is 0. The molecule has 0 spiro atoms. The van der Waals surface area contributed by atoms with Gasteiger partial charge in [0.2, 0.25) is 5.54 Å². The minimum absolute atomic E-state index is 0.00655. The zero-order valence-electron chi connectivity index (χ0n) is 11.7. The van der Waals surface area contributed by atoms with Gasteiger partial charge in [0.25, 0.3) is 0 Å². The van der Waals surface area contributed by atoms with Gasteiger partial charge in [-0.2, -0.15) is 0 Å². The van der Waals surface area contributed by atoms with E-state index < -0.39 is 0 Å². The van der Waals surface area contributed by atoms with E-state index in [1.54, 1.807) is 0 Å². The Kier molecular flexibility index (Phi) is 2.23. The van der Waals surface area contributed by atoms with Crippen LogP contribution < -0.4 is 0 Å². The standard InChI is InChI=1S/C16H25N/c1-10-8-9-16(17-5)11(2)6-7-12-14(13(10)16)15(12,3)4/h10-14H,6-9H2,1-4H3/t10-,11-,12-,13+,14-,16-/m1/s1. The smallest absolute Gasteiger partial charge is 0.238 e. The van der Waals surface area contributed by atoms with Gasteiger partial charge in [-0.25, -0.2) is 6.57 Å². The van der Waals surface area contributed by atoms with Crippen molar-refractivity contribution in [2.45, 2.75) is 58.9 Å². The third-order valence-electron chi connectivity index (χ3n) is 6.69. The van der Waals surface area contributed by atoms with Gasteiger partial charge in [-0.3, -0.25) is 0 Å². The topological polar surface area (TPSA) is 4.36 Å². The van der Waals surface area contributed by atoms with E-state index in [1.807, 2.05) is 0 Å². The molecule has 0 aromatic carbocycles. The van der Waals surface area contributed by atoms with E-state index in [9.17, 15) is 0 Å². The fourth-order valence-electron chi connectivity index (χ4n) is 5.51. The van der Waals surface area contributed by atoms with Crippen molar-refractivity contribution in [2.75, 3.05) is 0 Å². The predicted octanol–water partition coefficient (Wildman–Crippen LogP) is 4.39. The fraction of sp³-hybridized carbons (Fsp3) is 0.938. The fourth-order valence-corrected chi connectivity index (χ4v) is 5.51. The van der Waals surface area contributed by atoms with Crippen LogP contribution in [0.5, 0.6) is 0 Å². The highest BCUT2D eigenvalue weighted by molar-refractivity contribution is 5.23.